The van der Waals surface area contributed by atoms with Crippen molar-refractivity contribution in [2.24, 2.45) is 0 Å². The van der Waals surface area contributed by atoms with Gasteiger partial charge in [0.1, 0.15) is 4.88 Å². The van der Waals surface area contributed by atoms with Crippen LogP contribution < -0.4 is 0 Å². The Hall–Kier alpha value is -0.000000000000000111. The molecule has 1 heterocycles. The molecule has 0 saturated heterocycles. The summed E-state index contributed by atoms with van der Waals surface area (Å²) in [4.78, 5) is 14.3. The maximum atomic E-state index is 11.4. The van der Waals surface area contributed by atoms with E-state index in [2.05, 4.69) is 15.9 Å². The molecule has 0 bridgehead atoms. The number of hydrogen-bond acceptors (Lipinski definition) is 4. The molecule has 0 unspecified atom stereocenters. The van der Waals surface area contributed by atoms with Gasteiger partial charge in [0.15, 0.2) is 0 Å². The van der Waals surface area contributed by atoms with Gasteiger partial charge in [-0.15, -0.1) is 23.1 Å². The molecule has 1 rings (SSSR count). The zero-order valence-electron chi connectivity index (χ0n) is 10.0. The summed E-state index contributed by atoms with van der Waals surface area (Å²) in [5.41, 5.74) is 0. The van der Waals surface area contributed by atoms with Crippen LogP contribution in [0.1, 0.15) is 28.4 Å². The summed E-state index contributed by atoms with van der Waals surface area (Å²) in [6, 6.07) is 2.03. The second kappa shape index (κ2) is 9.07. The molecule has 0 fully saturated rings. The van der Waals surface area contributed by atoms with Gasteiger partial charge < -0.3 is 4.74 Å². The standard InChI is InChI=1S/C9H11BrO2S2.C2H6/c1-6-5-7(13-4-3-10)8(14-6)9(11)12-2;1-2/h5H,3-4H2,1-2H3;1-2H3. The van der Waals surface area contributed by atoms with Crippen molar-refractivity contribution < 1.29 is 9.53 Å². The van der Waals surface area contributed by atoms with E-state index in [1.54, 1.807) is 11.8 Å². The van der Waals surface area contributed by atoms with Gasteiger partial charge in [-0.3, -0.25) is 0 Å². The van der Waals surface area contributed by atoms with Crippen molar-refractivity contribution in [1.82, 2.24) is 0 Å². The lowest BCUT2D eigenvalue weighted by atomic mass is 10.4. The summed E-state index contributed by atoms with van der Waals surface area (Å²) in [7, 11) is 1.41. The molecule has 0 amide bonds. The summed E-state index contributed by atoms with van der Waals surface area (Å²) >= 11 is 6.52. The van der Waals surface area contributed by atoms with E-state index in [0.29, 0.717) is 0 Å². The molecule has 92 valence electrons. The normalized spacial score (nSPS) is 9.31. The molecule has 0 radical (unpaired) electrons. The number of halogens is 1. The van der Waals surface area contributed by atoms with Crippen molar-refractivity contribution >= 4 is 45.0 Å². The molecule has 0 aliphatic carbocycles. The molecule has 5 heteroatoms. The van der Waals surface area contributed by atoms with Crippen molar-refractivity contribution in [2.45, 2.75) is 25.7 Å². The third-order valence-electron chi connectivity index (χ3n) is 1.53. The Bertz CT molecular complexity index is 324. The van der Waals surface area contributed by atoms with E-state index < -0.39 is 0 Å². The molecule has 0 atom stereocenters. The van der Waals surface area contributed by atoms with Crippen LogP contribution in [0.2, 0.25) is 0 Å². The fourth-order valence-corrected chi connectivity index (χ4v) is 3.44. The highest BCUT2D eigenvalue weighted by Crippen LogP contribution is 2.31. The van der Waals surface area contributed by atoms with Gasteiger partial charge in [-0.25, -0.2) is 4.79 Å². The summed E-state index contributed by atoms with van der Waals surface area (Å²) in [6.45, 7) is 6.00. The predicted octanol–water partition coefficient (Wildman–Crippen LogP) is 4.36. The van der Waals surface area contributed by atoms with Crippen LogP contribution >= 0.6 is 39.0 Å². The maximum Gasteiger partial charge on any atom is 0.349 e. The highest BCUT2D eigenvalue weighted by atomic mass is 79.9. The minimum atomic E-state index is -0.236. The zero-order valence-corrected chi connectivity index (χ0v) is 13.2. The highest BCUT2D eigenvalue weighted by molar-refractivity contribution is 9.09. The Morgan fingerprint density at radius 3 is 2.69 bits per heavy atom. The minimum Gasteiger partial charge on any atom is -0.465 e. The lowest BCUT2D eigenvalue weighted by Crippen LogP contribution is -1.99. The van der Waals surface area contributed by atoms with Gasteiger partial charge in [-0.2, -0.15) is 0 Å². The summed E-state index contributed by atoms with van der Waals surface area (Å²) in [5, 5.41) is 0.924. The van der Waals surface area contributed by atoms with E-state index in [4.69, 9.17) is 4.74 Å². The first-order valence-corrected chi connectivity index (χ1v) is 7.99. The monoisotopic (exact) mass is 324 g/mol. The number of hydrogen-bond donors (Lipinski definition) is 0. The molecule has 0 aliphatic heterocycles. The fraction of sp³-hybridized carbons (Fsp3) is 0.545. The number of aryl methyl sites for hydroxylation is 1. The molecule has 1 aromatic heterocycles. The third-order valence-corrected chi connectivity index (χ3v) is 4.65. The lowest BCUT2D eigenvalue weighted by molar-refractivity contribution is 0.0603. The molecule has 0 aromatic carbocycles. The Kier molecular flexibility index (Phi) is 9.07. The fourth-order valence-electron chi connectivity index (χ4n) is 0.982. The van der Waals surface area contributed by atoms with Crippen molar-refractivity contribution in [2.75, 3.05) is 18.2 Å². The quantitative estimate of drug-likeness (QED) is 0.467. The number of thiophene rings is 1. The van der Waals surface area contributed by atoms with Gasteiger partial charge in [0.25, 0.3) is 0 Å². The largest absolute Gasteiger partial charge is 0.465 e. The molecule has 0 N–H and O–H groups in total. The average molecular weight is 325 g/mol. The minimum absolute atomic E-state index is 0.236. The molecular formula is C11H17BrO2S2. The topological polar surface area (TPSA) is 26.3 Å². The SMILES string of the molecule is CC.COC(=O)c1sc(C)cc1SCCBr. The molecule has 0 aliphatic rings. The van der Waals surface area contributed by atoms with Crippen molar-refractivity contribution in [3.05, 3.63) is 15.8 Å². The summed E-state index contributed by atoms with van der Waals surface area (Å²) in [5.74, 6) is 0.723. The smallest absolute Gasteiger partial charge is 0.349 e. The van der Waals surface area contributed by atoms with Crippen molar-refractivity contribution in [1.29, 1.82) is 0 Å². The Labute approximate surface area is 114 Å². The molecular weight excluding hydrogens is 308 g/mol. The van der Waals surface area contributed by atoms with Crippen molar-refractivity contribution in [3.63, 3.8) is 0 Å². The van der Waals surface area contributed by atoms with E-state index >= 15 is 0 Å². The first-order valence-electron chi connectivity index (χ1n) is 5.06. The summed E-state index contributed by atoms with van der Waals surface area (Å²) < 4.78 is 4.72. The second-order valence-corrected chi connectivity index (χ2v) is 5.77. The van der Waals surface area contributed by atoms with Gasteiger partial charge in [-0.05, 0) is 13.0 Å². The van der Waals surface area contributed by atoms with Crippen LogP contribution in [0, 0.1) is 6.92 Å². The number of carbonyl (C=O) groups is 1. The van der Waals surface area contributed by atoms with Crippen LogP contribution in [0.5, 0.6) is 0 Å². The zero-order chi connectivity index (χ0) is 12.6. The van der Waals surface area contributed by atoms with E-state index in [-0.39, 0.29) is 5.97 Å². The second-order valence-electron chi connectivity index (χ2n) is 2.58. The number of thioether (sulfide) groups is 1. The van der Waals surface area contributed by atoms with E-state index in [1.807, 2.05) is 26.8 Å². The van der Waals surface area contributed by atoms with Gasteiger partial charge in [-0.1, -0.05) is 29.8 Å². The number of methoxy groups -OCH3 is 1. The van der Waals surface area contributed by atoms with Gasteiger partial charge in [0.05, 0.1) is 7.11 Å². The van der Waals surface area contributed by atoms with E-state index in [1.165, 1.54) is 18.4 Å². The van der Waals surface area contributed by atoms with Gasteiger partial charge in [0, 0.05) is 20.9 Å². The number of rotatable bonds is 4. The Morgan fingerprint density at radius 2 is 2.19 bits per heavy atom. The number of carbonyl (C=O) groups excluding carboxylic acids is 1. The lowest BCUT2D eigenvalue weighted by Gasteiger charge is -1.99. The molecule has 0 saturated carbocycles. The van der Waals surface area contributed by atoms with Crippen LogP contribution in [-0.4, -0.2) is 24.2 Å². The Morgan fingerprint density at radius 1 is 1.56 bits per heavy atom. The van der Waals surface area contributed by atoms with Crippen LogP contribution in [0.4, 0.5) is 0 Å². The molecule has 0 spiro atoms. The molecule has 2 nitrogen and oxygen atoms in total. The third kappa shape index (κ3) is 4.89. The number of ether oxygens (including phenoxy) is 1. The van der Waals surface area contributed by atoms with Crippen LogP contribution in [-0.2, 0) is 4.74 Å². The highest BCUT2D eigenvalue weighted by Gasteiger charge is 2.15. The maximum absolute atomic E-state index is 11.4. The number of alkyl halides is 1. The molecule has 1 aromatic rings. The van der Waals surface area contributed by atoms with E-state index in [9.17, 15) is 4.79 Å². The van der Waals surface area contributed by atoms with E-state index in [0.717, 1.165) is 25.7 Å². The number of esters is 1. The first kappa shape index (κ1) is 16.0. The summed E-state index contributed by atoms with van der Waals surface area (Å²) in [6.07, 6.45) is 0. The van der Waals surface area contributed by atoms with Gasteiger partial charge >= 0.3 is 5.97 Å². The Balaban J connectivity index is 0.00000106. The first-order chi connectivity index (χ1) is 7.69. The van der Waals surface area contributed by atoms with Crippen LogP contribution in [0.25, 0.3) is 0 Å². The van der Waals surface area contributed by atoms with Crippen molar-refractivity contribution in [3.8, 4) is 0 Å². The van der Waals surface area contributed by atoms with Crippen LogP contribution in [0.3, 0.4) is 0 Å². The van der Waals surface area contributed by atoms with Crippen LogP contribution in [0.15, 0.2) is 11.0 Å². The average Bonchev–Trinajstić information content (AvgIpc) is 2.69. The van der Waals surface area contributed by atoms with Gasteiger partial charge in [0.2, 0.25) is 0 Å². The molecule has 16 heavy (non-hydrogen) atoms. The predicted molar refractivity (Wildman–Crippen MR) is 76.3 cm³/mol.